The van der Waals surface area contributed by atoms with Gasteiger partial charge in [-0.05, 0) is 88.4 Å². The first-order chi connectivity index (χ1) is 19.7. The first-order valence-electron chi connectivity index (χ1n) is 14.1. The van der Waals surface area contributed by atoms with Gasteiger partial charge in [-0.2, -0.15) is 0 Å². The second-order valence-electron chi connectivity index (χ2n) is 10.8. The van der Waals surface area contributed by atoms with Gasteiger partial charge in [0.25, 0.3) is 0 Å². The molecule has 7 heteroatoms. The van der Waals surface area contributed by atoms with Crippen molar-refractivity contribution in [1.82, 2.24) is 4.98 Å². The van der Waals surface area contributed by atoms with Gasteiger partial charge in [0.05, 0.1) is 11.6 Å². The van der Waals surface area contributed by atoms with Crippen LogP contribution in [0, 0.1) is 11.7 Å². The van der Waals surface area contributed by atoms with Crippen molar-refractivity contribution in [2.45, 2.75) is 59.4 Å². The topological polar surface area (TPSA) is 83.5 Å². The zero-order chi connectivity index (χ0) is 29.1. The molecule has 0 radical (unpaired) electrons. The minimum absolute atomic E-state index is 0.150. The minimum atomic E-state index is -1.03. The Labute approximate surface area is 240 Å². The van der Waals surface area contributed by atoms with Crippen molar-refractivity contribution < 1.29 is 19.0 Å². The van der Waals surface area contributed by atoms with E-state index in [2.05, 4.69) is 21.7 Å². The standard InChI is InChI=1S/C34H36FN3O3/c1-5-20(2)37-31-15-14-24(19-36-31)32-21(3)27(16-23-10-6-7-11-23)29-18-25(35)17-28(33(29)41-32)22(4)38-30-13-9-8-12-26(30)34(39)40/h5,8-9,12-19,22-23,38H,6-7,10-11H2,1-4H3,(H,36,37)(H,39,40)/b20-5-,27-16-. The number of carboxylic acids is 1. The van der Waals surface area contributed by atoms with Crippen LogP contribution in [0.4, 0.5) is 15.9 Å². The normalized spacial score (nSPS) is 17.3. The number of para-hydroxylation sites is 1. The lowest BCUT2D eigenvalue weighted by Gasteiger charge is -2.29. The number of aromatic carboxylic acids is 1. The van der Waals surface area contributed by atoms with Crippen LogP contribution >= 0.6 is 0 Å². The summed E-state index contributed by atoms with van der Waals surface area (Å²) >= 11 is 0. The molecule has 6 nitrogen and oxygen atoms in total. The highest BCUT2D eigenvalue weighted by molar-refractivity contribution is 5.95. The van der Waals surface area contributed by atoms with Gasteiger partial charge in [-0.3, -0.25) is 0 Å². The SMILES string of the molecule is C/C=C(/C)Nc1ccc(C2=C(C)/C(=C/C3CCCC3)c3cc(F)cc(C(C)Nc4ccccc4C(=O)O)c3O2)cn1. The second-order valence-corrected chi connectivity index (χ2v) is 10.8. The van der Waals surface area contributed by atoms with Crippen LogP contribution in [0.3, 0.4) is 0 Å². The number of allylic oxidation sites excluding steroid dienone is 5. The summed E-state index contributed by atoms with van der Waals surface area (Å²) in [7, 11) is 0. The van der Waals surface area contributed by atoms with Crippen molar-refractivity contribution in [3.63, 3.8) is 0 Å². The summed E-state index contributed by atoms with van der Waals surface area (Å²) in [5.41, 5.74) is 5.66. The number of rotatable bonds is 8. The Kier molecular flexibility index (Phi) is 8.24. The minimum Gasteiger partial charge on any atom is -0.478 e. The van der Waals surface area contributed by atoms with E-state index in [1.165, 1.54) is 18.9 Å². The molecular weight excluding hydrogens is 517 g/mol. The smallest absolute Gasteiger partial charge is 0.337 e. The zero-order valence-corrected chi connectivity index (χ0v) is 23.9. The lowest BCUT2D eigenvalue weighted by molar-refractivity contribution is 0.0698. The average Bonchev–Trinajstić information content (AvgIpc) is 3.48. The largest absolute Gasteiger partial charge is 0.478 e. The first-order valence-corrected chi connectivity index (χ1v) is 14.1. The molecule has 3 aromatic rings. The number of carboxylic acid groups (broad SMARTS) is 1. The average molecular weight is 554 g/mol. The summed E-state index contributed by atoms with van der Waals surface area (Å²) in [5, 5.41) is 16.2. The molecule has 2 aliphatic rings. The molecule has 2 aromatic carbocycles. The van der Waals surface area contributed by atoms with Crippen molar-refractivity contribution in [3.8, 4) is 5.75 Å². The first kappa shape index (κ1) is 28.1. The van der Waals surface area contributed by atoms with Gasteiger partial charge >= 0.3 is 5.97 Å². The highest BCUT2D eigenvalue weighted by Gasteiger charge is 2.30. The number of fused-ring (bicyclic) bond motifs is 1. The number of carbonyl (C=O) groups is 1. The molecule has 1 atom stereocenters. The number of aromatic nitrogens is 1. The molecule has 2 heterocycles. The van der Waals surface area contributed by atoms with E-state index < -0.39 is 12.0 Å². The number of nitrogens with one attached hydrogen (secondary N) is 2. The maximum Gasteiger partial charge on any atom is 0.337 e. The van der Waals surface area contributed by atoms with Crippen LogP contribution in [-0.4, -0.2) is 16.1 Å². The third-order valence-corrected chi connectivity index (χ3v) is 7.90. The van der Waals surface area contributed by atoms with Gasteiger partial charge in [0.2, 0.25) is 0 Å². The van der Waals surface area contributed by atoms with Crippen molar-refractivity contribution >= 4 is 28.8 Å². The van der Waals surface area contributed by atoms with Crippen molar-refractivity contribution in [2.24, 2.45) is 5.92 Å². The number of nitrogens with zero attached hydrogens (tertiary/aromatic N) is 1. The number of halogens is 1. The molecule has 0 amide bonds. The van der Waals surface area contributed by atoms with Crippen LogP contribution < -0.4 is 15.4 Å². The van der Waals surface area contributed by atoms with E-state index >= 15 is 4.39 Å². The molecule has 1 unspecified atom stereocenters. The molecular formula is C34H36FN3O3. The van der Waals surface area contributed by atoms with Crippen LogP contribution in [0.5, 0.6) is 5.75 Å². The van der Waals surface area contributed by atoms with E-state index in [4.69, 9.17) is 4.74 Å². The Morgan fingerprint density at radius 3 is 2.61 bits per heavy atom. The number of benzene rings is 2. The highest BCUT2D eigenvalue weighted by atomic mass is 19.1. The third-order valence-electron chi connectivity index (χ3n) is 7.90. The predicted octanol–water partition coefficient (Wildman–Crippen LogP) is 8.82. The molecule has 1 aliphatic heterocycles. The Hall–Kier alpha value is -4.39. The number of hydrogen-bond donors (Lipinski definition) is 3. The maximum atomic E-state index is 15.2. The lowest BCUT2D eigenvalue weighted by Crippen LogP contribution is -2.16. The summed E-state index contributed by atoms with van der Waals surface area (Å²) in [6.07, 6.45) is 10.7. The Balaban J connectivity index is 1.59. The molecule has 5 rings (SSSR count). The van der Waals surface area contributed by atoms with E-state index in [1.807, 2.05) is 45.9 Å². The van der Waals surface area contributed by atoms with E-state index in [0.717, 1.165) is 41.1 Å². The van der Waals surface area contributed by atoms with Crippen molar-refractivity contribution in [3.05, 3.63) is 106 Å². The van der Waals surface area contributed by atoms with Gasteiger partial charge in [-0.25, -0.2) is 14.2 Å². The molecule has 0 bridgehead atoms. The van der Waals surface area contributed by atoms with Crippen LogP contribution in [0.2, 0.25) is 0 Å². The van der Waals surface area contributed by atoms with E-state index in [-0.39, 0.29) is 11.4 Å². The zero-order valence-electron chi connectivity index (χ0n) is 23.9. The Morgan fingerprint density at radius 1 is 1.17 bits per heavy atom. The van der Waals surface area contributed by atoms with E-state index in [1.54, 1.807) is 36.5 Å². The quantitative estimate of drug-likeness (QED) is 0.258. The summed E-state index contributed by atoms with van der Waals surface area (Å²) in [5.74, 6) is 0.997. The number of ether oxygens (including phenoxy) is 1. The molecule has 0 spiro atoms. The molecule has 41 heavy (non-hydrogen) atoms. The summed E-state index contributed by atoms with van der Waals surface area (Å²) in [4.78, 5) is 16.4. The monoisotopic (exact) mass is 553 g/mol. The van der Waals surface area contributed by atoms with Crippen LogP contribution in [0.1, 0.15) is 86.5 Å². The summed E-state index contributed by atoms with van der Waals surface area (Å²) < 4.78 is 21.9. The van der Waals surface area contributed by atoms with E-state index in [0.29, 0.717) is 34.2 Å². The second kappa shape index (κ2) is 12.0. The molecule has 1 aliphatic carbocycles. The predicted molar refractivity (Wildman–Crippen MR) is 162 cm³/mol. The van der Waals surface area contributed by atoms with Gasteiger partial charge in [-0.1, -0.05) is 37.1 Å². The molecule has 1 saturated carbocycles. The van der Waals surface area contributed by atoms with Crippen LogP contribution in [0.15, 0.2) is 78.1 Å². The molecule has 212 valence electrons. The van der Waals surface area contributed by atoms with Gasteiger partial charge < -0.3 is 20.5 Å². The number of anilines is 2. The van der Waals surface area contributed by atoms with Gasteiger partial charge in [0.15, 0.2) is 0 Å². The number of pyridine rings is 1. The molecule has 3 N–H and O–H groups in total. The third kappa shape index (κ3) is 6.04. The summed E-state index contributed by atoms with van der Waals surface area (Å²) in [6.45, 7) is 7.85. The van der Waals surface area contributed by atoms with Gasteiger partial charge in [-0.15, -0.1) is 0 Å². The van der Waals surface area contributed by atoms with Gasteiger partial charge in [0.1, 0.15) is 23.1 Å². The molecule has 1 aromatic heterocycles. The fraction of sp³-hybridized carbons (Fsp3) is 0.294. The highest BCUT2D eigenvalue weighted by Crippen LogP contribution is 2.47. The molecule has 0 saturated heterocycles. The number of hydrogen-bond acceptors (Lipinski definition) is 5. The van der Waals surface area contributed by atoms with E-state index in [9.17, 15) is 9.90 Å². The Bertz CT molecular complexity index is 1550. The van der Waals surface area contributed by atoms with Gasteiger partial charge in [0, 0.05) is 39.8 Å². The fourth-order valence-electron chi connectivity index (χ4n) is 5.59. The van der Waals surface area contributed by atoms with Crippen LogP contribution in [0.25, 0.3) is 11.3 Å². The lowest BCUT2D eigenvalue weighted by atomic mass is 9.87. The fourth-order valence-corrected chi connectivity index (χ4v) is 5.59. The van der Waals surface area contributed by atoms with Crippen molar-refractivity contribution in [2.75, 3.05) is 10.6 Å². The Morgan fingerprint density at radius 2 is 1.93 bits per heavy atom. The van der Waals surface area contributed by atoms with Crippen LogP contribution in [-0.2, 0) is 0 Å². The summed E-state index contributed by atoms with van der Waals surface area (Å²) in [6, 6.07) is 13.2. The molecule has 1 fully saturated rings. The maximum absolute atomic E-state index is 15.2. The van der Waals surface area contributed by atoms with Crippen molar-refractivity contribution in [1.29, 1.82) is 0 Å².